The van der Waals surface area contributed by atoms with Crippen LogP contribution in [0.4, 0.5) is 14.9 Å². The van der Waals surface area contributed by atoms with Gasteiger partial charge in [-0.3, -0.25) is 14.9 Å². The number of benzene rings is 2. The molecule has 9 heteroatoms. The molecule has 168 valence electrons. The number of urea groups is 1. The summed E-state index contributed by atoms with van der Waals surface area (Å²) in [7, 11) is 0. The van der Waals surface area contributed by atoms with Crippen LogP contribution in [-0.2, 0) is 9.59 Å². The van der Waals surface area contributed by atoms with Crippen molar-refractivity contribution in [3.8, 4) is 5.75 Å². The normalized spacial score (nSPS) is 15.3. The van der Waals surface area contributed by atoms with Gasteiger partial charge in [-0.25, -0.2) is 14.1 Å². The van der Waals surface area contributed by atoms with Gasteiger partial charge >= 0.3 is 6.03 Å². The minimum atomic E-state index is -0.924. The van der Waals surface area contributed by atoms with Gasteiger partial charge in [0.05, 0.1) is 22.3 Å². The third kappa shape index (κ3) is 5.47. The van der Waals surface area contributed by atoms with E-state index in [4.69, 9.17) is 27.9 Å². The monoisotopic (exact) mass is 478 g/mol. The molecule has 0 atom stereocenters. The summed E-state index contributed by atoms with van der Waals surface area (Å²) in [6.07, 6.45) is 5.42. The number of nitrogens with one attached hydrogen (secondary N) is 1. The van der Waals surface area contributed by atoms with E-state index in [9.17, 15) is 18.8 Å². The van der Waals surface area contributed by atoms with E-state index in [2.05, 4.69) is 12.2 Å². The second kappa shape index (κ2) is 10.6. The predicted octanol–water partition coefficient (Wildman–Crippen LogP) is 5.76. The first-order valence-corrected chi connectivity index (χ1v) is 10.9. The van der Waals surface area contributed by atoms with Crippen LogP contribution in [0.1, 0.15) is 38.2 Å². The first kappa shape index (κ1) is 23.8. The van der Waals surface area contributed by atoms with E-state index in [0.717, 1.165) is 42.7 Å². The fourth-order valence-corrected chi connectivity index (χ4v) is 3.77. The van der Waals surface area contributed by atoms with E-state index >= 15 is 0 Å². The number of hydrogen-bond donors (Lipinski definition) is 1. The highest BCUT2D eigenvalue weighted by molar-refractivity contribution is 6.40. The van der Waals surface area contributed by atoms with Crippen molar-refractivity contribution >= 4 is 52.8 Å². The van der Waals surface area contributed by atoms with E-state index in [1.54, 1.807) is 0 Å². The fraction of sp³-hybridized carbons (Fsp3) is 0.261. The molecule has 1 aliphatic heterocycles. The average molecular weight is 479 g/mol. The predicted molar refractivity (Wildman–Crippen MR) is 122 cm³/mol. The number of unbranched alkanes of at least 4 members (excludes halogenated alkanes) is 3. The maximum Gasteiger partial charge on any atom is 0.335 e. The number of amides is 4. The van der Waals surface area contributed by atoms with Crippen LogP contribution in [0.25, 0.3) is 6.08 Å². The van der Waals surface area contributed by atoms with Gasteiger partial charge in [0.2, 0.25) is 0 Å². The second-order valence-electron chi connectivity index (χ2n) is 7.16. The third-order valence-electron chi connectivity index (χ3n) is 4.76. The van der Waals surface area contributed by atoms with Gasteiger partial charge in [0.1, 0.15) is 11.4 Å². The second-order valence-corrected chi connectivity index (χ2v) is 7.97. The number of carbonyl (C=O) groups is 3. The van der Waals surface area contributed by atoms with Gasteiger partial charge in [0.15, 0.2) is 5.75 Å². The van der Waals surface area contributed by atoms with E-state index in [1.165, 1.54) is 30.3 Å². The zero-order valence-electron chi connectivity index (χ0n) is 17.3. The molecular formula is C23H21Cl2FN2O4. The Bertz CT molecular complexity index is 1050. The molecule has 2 aromatic carbocycles. The van der Waals surface area contributed by atoms with E-state index < -0.39 is 23.7 Å². The summed E-state index contributed by atoms with van der Waals surface area (Å²) in [5.74, 6) is -1.91. The smallest absolute Gasteiger partial charge is 0.335 e. The number of anilines is 1. The molecule has 0 radical (unpaired) electrons. The zero-order chi connectivity index (χ0) is 23.3. The largest absolute Gasteiger partial charge is 0.490 e. The van der Waals surface area contributed by atoms with Gasteiger partial charge in [-0.2, -0.15) is 0 Å². The number of hydrogen-bond acceptors (Lipinski definition) is 4. The SMILES string of the molecule is CCCCCCOc1c(Cl)cc(/C=C2\C(=O)NC(=O)N(c3ccc(F)cc3)C2=O)cc1Cl. The summed E-state index contributed by atoms with van der Waals surface area (Å²) in [6.45, 7) is 2.59. The number of carbonyl (C=O) groups excluding carboxylic acids is 3. The van der Waals surface area contributed by atoms with Crippen molar-refractivity contribution in [3.05, 3.63) is 63.4 Å². The molecule has 6 nitrogen and oxygen atoms in total. The molecule has 2 aromatic rings. The highest BCUT2D eigenvalue weighted by Crippen LogP contribution is 2.35. The van der Waals surface area contributed by atoms with Crippen LogP contribution in [0.2, 0.25) is 10.0 Å². The summed E-state index contributed by atoms with van der Waals surface area (Å²) >= 11 is 12.6. The van der Waals surface area contributed by atoms with Crippen molar-refractivity contribution < 1.29 is 23.5 Å². The summed E-state index contributed by atoms with van der Waals surface area (Å²) in [5, 5.41) is 2.57. The van der Waals surface area contributed by atoms with Gasteiger partial charge in [-0.1, -0.05) is 49.4 Å². The standard InChI is InChI=1S/C23H21Cl2FN2O4/c1-2-3-4-5-10-32-20-18(24)12-14(13-19(20)25)11-17-21(29)27-23(31)28(22(17)30)16-8-6-15(26)7-9-16/h6-9,11-13H,2-5,10H2,1H3,(H,27,29,31)/b17-11+. The molecule has 0 aromatic heterocycles. The lowest BCUT2D eigenvalue weighted by molar-refractivity contribution is -0.122. The summed E-state index contributed by atoms with van der Waals surface area (Å²) in [6, 6.07) is 6.85. The topological polar surface area (TPSA) is 75.7 Å². The van der Waals surface area contributed by atoms with Crippen LogP contribution in [0, 0.1) is 5.82 Å². The molecule has 1 aliphatic rings. The first-order valence-electron chi connectivity index (χ1n) is 10.1. The van der Waals surface area contributed by atoms with E-state index in [-0.39, 0.29) is 21.3 Å². The van der Waals surface area contributed by atoms with Crippen LogP contribution in [0.5, 0.6) is 5.75 Å². The first-order chi connectivity index (χ1) is 15.3. The van der Waals surface area contributed by atoms with Crippen LogP contribution >= 0.6 is 23.2 Å². The van der Waals surface area contributed by atoms with Crippen molar-refractivity contribution in [2.45, 2.75) is 32.6 Å². The Balaban J connectivity index is 1.84. The molecule has 0 bridgehead atoms. The van der Waals surface area contributed by atoms with Crippen LogP contribution in [-0.4, -0.2) is 24.5 Å². The summed E-state index contributed by atoms with van der Waals surface area (Å²) in [4.78, 5) is 38.2. The summed E-state index contributed by atoms with van der Waals surface area (Å²) in [5.41, 5.74) is 0.203. The third-order valence-corrected chi connectivity index (χ3v) is 5.32. The highest BCUT2D eigenvalue weighted by Gasteiger charge is 2.36. The van der Waals surface area contributed by atoms with Crippen molar-refractivity contribution in [2.24, 2.45) is 0 Å². The lowest BCUT2D eigenvalue weighted by atomic mass is 10.1. The van der Waals surface area contributed by atoms with E-state index in [1.807, 2.05) is 0 Å². The Labute approximate surface area is 194 Å². The number of barbiturate groups is 1. The molecule has 1 N–H and O–H groups in total. The molecular weight excluding hydrogens is 458 g/mol. The Hall–Kier alpha value is -2.90. The van der Waals surface area contributed by atoms with Crippen molar-refractivity contribution in [1.29, 1.82) is 0 Å². The average Bonchev–Trinajstić information content (AvgIpc) is 2.74. The van der Waals surface area contributed by atoms with Crippen molar-refractivity contribution in [2.75, 3.05) is 11.5 Å². The molecule has 1 heterocycles. The number of nitrogens with zero attached hydrogens (tertiary/aromatic N) is 1. The van der Waals surface area contributed by atoms with Crippen LogP contribution in [0.15, 0.2) is 42.0 Å². The van der Waals surface area contributed by atoms with Gasteiger partial charge in [0.25, 0.3) is 11.8 Å². The fourth-order valence-electron chi connectivity index (χ4n) is 3.15. The number of imide groups is 2. The van der Waals surface area contributed by atoms with Gasteiger partial charge < -0.3 is 4.74 Å². The Kier molecular flexibility index (Phi) is 7.88. The van der Waals surface area contributed by atoms with Crippen molar-refractivity contribution in [3.63, 3.8) is 0 Å². The molecule has 3 rings (SSSR count). The Morgan fingerprint density at radius 1 is 1.03 bits per heavy atom. The number of rotatable bonds is 8. The minimum Gasteiger partial charge on any atom is -0.490 e. The van der Waals surface area contributed by atoms with E-state index in [0.29, 0.717) is 17.9 Å². The van der Waals surface area contributed by atoms with Gasteiger partial charge in [-0.15, -0.1) is 0 Å². The molecule has 1 saturated heterocycles. The number of halogens is 3. The lowest BCUT2D eigenvalue weighted by Crippen LogP contribution is -2.54. The van der Waals surface area contributed by atoms with Gasteiger partial charge in [0, 0.05) is 0 Å². The van der Waals surface area contributed by atoms with Crippen LogP contribution < -0.4 is 15.0 Å². The molecule has 4 amide bonds. The van der Waals surface area contributed by atoms with Crippen molar-refractivity contribution in [1.82, 2.24) is 5.32 Å². The Morgan fingerprint density at radius 2 is 1.69 bits per heavy atom. The summed E-state index contributed by atoms with van der Waals surface area (Å²) < 4.78 is 18.9. The van der Waals surface area contributed by atoms with Gasteiger partial charge in [-0.05, 0) is 54.5 Å². The molecule has 0 saturated carbocycles. The maximum atomic E-state index is 13.2. The zero-order valence-corrected chi connectivity index (χ0v) is 18.8. The maximum absolute atomic E-state index is 13.2. The molecule has 0 unspecified atom stereocenters. The molecule has 0 spiro atoms. The lowest BCUT2D eigenvalue weighted by Gasteiger charge is -2.26. The highest BCUT2D eigenvalue weighted by atomic mass is 35.5. The molecule has 1 fully saturated rings. The Morgan fingerprint density at radius 3 is 2.31 bits per heavy atom. The molecule has 32 heavy (non-hydrogen) atoms. The minimum absolute atomic E-state index is 0.121. The number of ether oxygens (including phenoxy) is 1. The van der Waals surface area contributed by atoms with Crippen LogP contribution in [0.3, 0.4) is 0 Å². The quantitative estimate of drug-likeness (QED) is 0.297. The molecule has 0 aliphatic carbocycles.